The smallest absolute Gasteiger partial charge is 0.124 e. The third-order valence-corrected chi connectivity index (χ3v) is 5.56. The van der Waals surface area contributed by atoms with Crippen LogP contribution in [0.25, 0.3) is 0 Å². The number of hydrogen-bond acceptors (Lipinski definition) is 3. The highest BCUT2D eigenvalue weighted by Crippen LogP contribution is 2.38. The Morgan fingerprint density at radius 3 is 2.86 bits per heavy atom. The summed E-state index contributed by atoms with van der Waals surface area (Å²) < 4.78 is 19.0. The summed E-state index contributed by atoms with van der Waals surface area (Å²) in [5, 5.41) is 0.526. The molecule has 2 atom stereocenters. The van der Waals surface area contributed by atoms with E-state index in [2.05, 4.69) is 9.80 Å². The number of ether oxygens (including phenoxy) is 1. The molecule has 1 saturated carbocycles. The van der Waals surface area contributed by atoms with Gasteiger partial charge in [-0.25, -0.2) is 4.39 Å². The summed E-state index contributed by atoms with van der Waals surface area (Å²) in [5.74, 6) is 0.590. The van der Waals surface area contributed by atoms with E-state index in [0.29, 0.717) is 17.1 Å². The molecule has 1 aliphatic carbocycles. The van der Waals surface area contributed by atoms with Crippen molar-refractivity contribution in [3.8, 4) is 0 Å². The van der Waals surface area contributed by atoms with Crippen molar-refractivity contribution in [2.45, 2.75) is 31.5 Å². The van der Waals surface area contributed by atoms with Crippen LogP contribution in [0.5, 0.6) is 0 Å². The first-order valence-electron chi connectivity index (χ1n) is 8.20. The van der Waals surface area contributed by atoms with E-state index in [4.69, 9.17) is 16.3 Å². The first kappa shape index (κ1) is 14.9. The van der Waals surface area contributed by atoms with Crippen LogP contribution in [0, 0.1) is 11.7 Å². The number of nitrogens with zero attached hydrogens (tertiary/aromatic N) is 2. The van der Waals surface area contributed by atoms with Crippen molar-refractivity contribution in [3.63, 3.8) is 0 Å². The average Bonchev–Trinajstić information content (AvgIpc) is 3.34. The standard InChI is InChI=1S/C17H22ClFN2O/c18-16-7-14(19)4-3-13(16)8-20-5-6-21-15(9-20)10-22-11-17(21)12-1-2-12/h3-4,7,12,15,17H,1-2,5-6,8-11H2/t15-,17-/m1/s1. The van der Waals surface area contributed by atoms with E-state index in [1.807, 2.05) is 0 Å². The van der Waals surface area contributed by atoms with Crippen LogP contribution in [-0.2, 0) is 11.3 Å². The Hall–Kier alpha value is -0.680. The quantitative estimate of drug-likeness (QED) is 0.850. The fourth-order valence-electron chi connectivity index (χ4n) is 3.86. The first-order chi connectivity index (χ1) is 10.7. The molecule has 3 aliphatic rings. The molecular formula is C17H22ClFN2O. The third-order valence-electron chi connectivity index (χ3n) is 5.21. The predicted molar refractivity (Wildman–Crippen MR) is 84.5 cm³/mol. The molecule has 0 aromatic heterocycles. The Labute approximate surface area is 136 Å². The largest absolute Gasteiger partial charge is 0.378 e. The fraction of sp³-hybridized carbons (Fsp3) is 0.647. The minimum Gasteiger partial charge on any atom is -0.378 e. The molecule has 0 unspecified atom stereocenters. The van der Waals surface area contributed by atoms with Crippen LogP contribution in [0.1, 0.15) is 18.4 Å². The molecule has 3 nitrogen and oxygen atoms in total. The lowest BCUT2D eigenvalue weighted by atomic mass is 10.0. The highest BCUT2D eigenvalue weighted by molar-refractivity contribution is 6.31. The maximum absolute atomic E-state index is 13.2. The molecule has 120 valence electrons. The van der Waals surface area contributed by atoms with Gasteiger partial charge in [-0.15, -0.1) is 0 Å². The summed E-state index contributed by atoms with van der Waals surface area (Å²) in [6, 6.07) is 5.82. The van der Waals surface area contributed by atoms with Gasteiger partial charge in [-0.3, -0.25) is 9.80 Å². The number of piperazine rings is 1. The number of hydrogen-bond donors (Lipinski definition) is 0. The summed E-state index contributed by atoms with van der Waals surface area (Å²) in [4.78, 5) is 5.09. The molecule has 0 N–H and O–H groups in total. The zero-order valence-corrected chi connectivity index (χ0v) is 13.4. The second-order valence-electron chi connectivity index (χ2n) is 6.80. The maximum Gasteiger partial charge on any atom is 0.124 e. The number of rotatable bonds is 3. The maximum atomic E-state index is 13.2. The number of morpholine rings is 1. The molecule has 2 saturated heterocycles. The fourth-order valence-corrected chi connectivity index (χ4v) is 4.09. The Kier molecular flexibility index (Phi) is 4.11. The number of benzene rings is 1. The lowest BCUT2D eigenvalue weighted by molar-refractivity contribution is -0.0880. The lowest BCUT2D eigenvalue weighted by Gasteiger charge is -2.48. The second kappa shape index (κ2) is 6.08. The minimum absolute atomic E-state index is 0.272. The molecular weight excluding hydrogens is 303 g/mol. The van der Waals surface area contributed by atoms with Crippen molar-refractivity contribution in [1.82, 2.24) is 9.80 Å². The highest BCUT2D eigenvalue weighted by atomic mass is 35.5. The van der Waals surface area contributed by atoms with Gasteiger partial charge < -0.3 is 4.74 Å². The molecule has 2 aliphatic heterocycles. The van der Waals surface area contributed by atoms with E-state index < -0.39 is 0 Å². The van der Waals surface area contributed by atoms with Gasteiger partial charge in [0.25, 0.3) is 0 Å². The van der Waals surface area contributed by atoms with Gasteiger partial charge in [-0.05, 0) is 36.5 Å². The van der Waals surface area contributed by atoms with Crippen LogP contribution in [0.4, 0.5) is 4.39 Å². The van der Waals surface area contributed by atoms with E-state index in [0.717, 1.165) is 50.9 Å². The molecule has 0 bridgehead atoms. The zero-order valence-electron chi connectivity index (χ0n) is 12.7. The molecule has 22 heavy (non-hydrogen) atoms. The molecule has 5 heteroatoms. The van der Waals surface area contributed by atoms with Crippen LogP contribution in [0.3, 0.4) is 0 Å². The van der Waals surface area contributed by atoms with Gasteiger partial charge in [-0.1, -0.05) is 17.7 Å². The molecule has 2 heterocycles. The molecule has 1 aromatic rings. The monoisotopic (exact) mass is 324 g/mol. The summed E-state index contributed by atoms with van der Waals surface area (Å²) in [6.45, 7) is 5.69. The topological polar surface area (TPSA) is 15.7 Å². The molecule has 4 rings (SSSR count). The average molecular weight is 325 g/mol. The van der Waals surface area contributed by atoms with Crippen molar-refractivity contribution in [2.75, 3.05) is 32.8 Å². The van der Waals surface area contributed by atoms with Crippen molar-refractivity contribution >= 4 is 11.6 Å². The summed E-state index contributed by atoms with van der Waals surface area (Å²) in [5.41, 5.74) is 1.01. The van der Waals surface area contributed by atoms with Gasteiger partial charge in [-0.2, -0.15) is 0 Å². The molecule has 1 aromatic carbocycles. The van der Waals surface area contributed by atoms with Gasteiger partial charge in [0.05, 0.1) is 13.2 Å². The molecule has 0 spiro atoms. The van der Waals surface area contributed by atoms with Gasteiger partial charge in [0.15, 0.2) is 0 Å². The van der Waals surface area contributed by atoms with Gasteiger partial charge in [0.2, 0.25) is 0 Å². The molecule has 0 radical (unpaired) electrons. The predicted octanol–water partition coefficient (Wildman–Crippen LogP) is 2.77. The number of fused-ring (bicyclic) bond motifs is 1. The molecule has 0 amide bonds. The van der Waals surface area contributed by atoms with Crippen LogP contribution < -0.4 is 0 Å². The lowest BCUT2D eigenvalue weighted by Crippen LogP contribution is -2.62. The van der Waals surface area contributed by atoms with E-state index in [1.165, 1.54) is 25.0 Å². The Balaban J connectivity index is 1.41. The van der Waals surface area contributed by atoms with Crippen LogP contribution in [0.15, 0.2) is 18.2 Å². The highest BCUT2D eigenvalue weighted by Gasteiger charge is 2.42. The van der Waals surface area contributed by atoms with Crippen LogP contribution >= 0.6 is 11.6 Å². The zero-order chi connectivity index (χ0) is 15.1. The molecule has 3 fully saturated rings. The van der Waals surface area contributed by atoms with E-state index in [1.54, 1.807) is 6.07 Å². The van der Waals surface area contributed by atoms with Crippen molar-refractivity contribution in [2.24, 2.45) is 5.92 Å². The Bertz CT molecular complexity index is 551. The third kappa shape index (κ3) is 3.02. The van der Waals surface area contributed by atoms with E-state index in [9.17, 15) is 4.39 Å². The Morgan fingerprint density at radius 2 is 2.09 bits per heavy atom. The summed E-state index contributed by atoms with van der Waals surface area (Å²) in [6.07, 6.45) is 2.73. The number of halogens is 2. The van der Waals surface area contributed by atoms with Crippen molar-refractivity contribution in [1.29, 1.82) is 0 Å². The van der Waals surface area contributed by atoms with Gasteiger partial charge in [0.1, 0.15) is 5.82 Å². The second-order valence-corrected chi connectivity index (χ2v) is 7.21. The van der Waals surface area contributed by atoms with Crippen LogP contribution in [0.2, 0.25) is 5.02 Å². The normalized spacial score (nSPS) is 30.3. The first-order valence-corrected chi connectivity index (χ1v) is 8.58. The van der Waals surface area contributed by atoms with Gasteiger partial charge in [0, 0.05) is 43.3 Å². The van der Waals surface area contributed by atoms with Gasteiger partial charge >= 0.3 is 0 Å². The van der Waals surface area contributed by atoms with Crippen molar-refractivity contribution in [3.05, 3.63) is 34.6 Å². The SMILES string of the molecule is Fc1ccc(CN2CCN3[C@@H](COC[C@@H]3C3CC3)C2)c(Cl)c1. The van der Waals surface area contributed by atoms with Crippen LogP contribution in [-0.4, -0.2) is 54.7 Å². The summed E-state index contributed by atoms with van der Waals surface area (Å²) >= 11 is 6.16. The summed E-state index contributed by atoms with van der Waals surface area (Å²) in [7, 11) is 0. The minimum atomic E-state index is -0.272. The van der Waals surface area contributed by atoms with E-state index in [-0.39, 0.29) is 5.82 Å². The van der Waals surface area contributed by atoms with Crippen molar-refractivity contribution < 1.29 is 9.13 Å². The Morgan fingerprint density at radius 1 is 1.23 bits per heavy atom. The van der Waals surface area contributed by atoms with E-state index >= 15 is 0 Å².